The van der Waals surface area contributed by atoms with Crippen molar-refractivity contribution in [2.75, 3.05) is 0 Å². The molecule has 0 aliphatic carbocycles. The van der Waals surface area contributed by atoms with E-state index in [4.69, 9.17) is 58.1 Å². The van der Waals surface area contributed by atoms with Crippen LogP contribution < -0.4 is 51.4 Å². The molecule has 0 heterocycles. The Balaban J connectivity index is 0. The maximum atomic E-state index is 5.04. The summed E-state index contributed by atoms with van der Waals surface area (Å²) in [5.41, 5.74) is 0. The Morgan fingerprint density at radius 1 is 0.625 bits per heavy atom. The molecule has 0 aromatic carbocycles. The molecule has 0 fully saturated rings. The van der Waals surface area contributed by atoms with Gasteiger partial charge >= 0.3 is 116 Å². The molecule has 8 heteroatoms. The van der Waals surface area contributed by atoms with E-state index in [-0.39, 0.29) is 51.4 Å². The van der Waals surface area contributed by atoms with E-state index >= 15 is 0 Å². The monoisotopic (exact) mass is 352 g/mol. The Hall–Kier alpha value is 4.00. The summed E-state index contributed by atoms with van der Waals surface area (Å²) in [7, 11) is 30.2. The SMILES string of the molecule is [Cl][Rh]([Cl])([Cl])([Cl])([Cl])[Cl].[K+]. The van der Waals surface area contributed by atoms with Crippen molar-refractivity contribution in [1.29, 1.82) is 0 Å². The molecule has 0 aromatic rings. The first-order chi connectivity index (χ1) is 2.45. The molecule has 0 aliphatic rings. The second-order valence-electron chi connectivity index (χ2n) is 0.714. The maximum absolute atomic E-state index is 5.15. The van der Waals surface area contributed by atoms with Crippen LogP contribution >= 0.6 is 58.1 Å². The standard InChI is InChI=1S/6ClH.K.Rh/h6*1H;;/q;;;;;;+1;+6/p-6. The van der Waals surface area contributed by atoms with Gasteiger partial charge in [-0.25, -0.2) is 0 Å². The van der Waals surface area contributed by atoms with E-state index < -0.39 is 6.48 Å². The zero-order valence-electron chi connectivity index (χ0n) is 3.60. The van der Waals surface area contributed by atoms with Gasteiger partial charge in [0.15, 0.2) is 0 Å². The molecular formula is Cl6KRh+. The molecule has 0 unspecified atom stereocenters. The van der Waals surface area contributed by atoms with E-state index in [1.165, 1.54) is 0 Å². The van der Waals surface area contributed by atoms with Gasteiger partial charge in [-0.1, -0.05) is 0 Å². The quantitative estimate of drug-likeness (QED) is 0.572. The minimum absolute atomic E-state index is 0. The second-order valence-corrected chi connectivity index (χ2v) is 38.0. The Bertz CT molecular complexity index is 67.1. The third kappa shape index (κ3) is 50.6. The molecule has 0 aromatic heterocycles. The number of rotatable bonds is 0. The van der Waals surface area contributed by atoms with Crippen molar-refractivity contribution in [2.24, 2.45) is 0 Å². The second kappa shape index (κ2) is 3.05. The minimum Gasteiger partial charge on any atom is 1.00 e. The van der Waals surface area contributed by atoms with Crippen molar-refractivity contribution in [2.45, 2.75) is 0 Å². The minimum atomic E-state index is -5.15. The first-order valence-corrected chi connectivity index (χ1v) is 13.4. The van der Waals surface area contributed by atoms with Crippen LogP contribution in [0.2, 0.25) is 0 Å². The fraction of sp³-hybridized carbons (Fsp3) is 0. The third-order valence-electron chi connectivity index (χ3n) is 0. The van der Waals surface area contributed by atoms with Crippen LogP contribution in [0.25, 0.3) is 0 Å². The van der Waals surface area contributed by atoms with Gasteiger partial charge in [0.25, 0.3) is 0 Å². The van der Waals surface area contributed by atoms with Crippen LogP contribution in [0.5, 0.6) is 0 Å². The van der Waals surface area contributed by atoms with Crippen LogP contribution in [0.3, 0.4) is 0 Å². The van der Waals surface area contributed by atoms with E-state index in [0.717, 1.165) is 0 Å². The van der Waals surface area contributed by atoms with Gasteiger partial charge in [-0.2, -0.15) is 0 Å². The predicted molar refractivity (Wildman–Crippen MR) is 35.1 cm³/mol. The average Bonchev–Trinajstić information content (AvgIpc) is 0.592. The van der Waals surface area contributed by atoms with Gasteiger partial charge in [0.05, 0.1) is 0 Å². The molecule has 0 amide bonds. The Labute approximate surface area is 113 Å². The Morgan fingerprint density at radius 3 is 0.625 bits per heavy atom. The molecule has 0 atom stereocenters. The van der Waals surface area contributed by atoms with E-state index in [0.29, 0.717) is 0 Å². The summed E-state index contributed by atoms with van der Waals surface area (Å²) in [5.74, 6) is 0. The number of hydrogen-bond acceptors (Lipinski definition) is 0. The van der Waals surface area contributed by atoms with Crippen molar-refractivity contribution in [1.82, 2.24) is 0 Å². The van der Waals surface area contributed by atoms with Crippen molar-refractivity contribution in [3.8, 4) is 0 Å². The Morgan fingerprint density at radius 2 is 0.625 bits per heavy atom. The number of hydrogen-bond donors (Lipinski definition) is 0. The van der Waals surface area contributed by atoms with Gasteiger partial charge in [-0.3, -0.25) is 0 Å². The topological polar surface area (TPSA) is 0 Å². The summed E-state index contributed by atoms with van der Waals surface area (Å²) in [6.07, 6.45) is 0. The molecule has 8 heavy (non-hydrogen) atoms. The average molecular weight is 355 g/mol. The molecule has 0 spiro atoms. The van der Waals surface area contributed by atoms with Gasteiger partial charge in [0.1, 0.15) is 0 Å². The number of halogens is 6. The molecule has 0 rings (SSSR count). The summed E-state index contributed by atoms with van der Waals surface area (Å²) in [4.78, 5) is 0. The van der Waals surface area contributed by atoms with Gasteiger partial charge < -0.3 is 0 Å². The predicted octanol–water partition coefficient (Wildman–Crippen LogP) is 1.14. The van der Waals surface area contributed by atoms with Crippen LogP contribution in [0.4, 0.5) is 0 Å². The van der Waals surface area contributed by atoms with Gasteiger partial charge in [0.2, 0.25) is 0 Å². The normalized spacial score (nSPS) is 20.2. The summed E-state index contributed by atoms with van der Waals surface area (Å²) in [6.45, 7) is -5.15. The van der Waals surface area contributed by atoms with Crippen molar-refractivity contribution < 1.29 is 57.9 Å². The first-order valence-electron chi connectivity index (χ1n) is 0.756. The summed E-state index contributed by atoms with van der Waals surface area (Å²) < 4.78 is 0. The van der Waals surface area contributed by atoms with E-state index in [1.54, 1.807) is 0 Å². The fourth-order valence-corrected chi connectivity index (χ4v) is 0. The van der Waals surface area contributed by atoms with Crippen molar-refractivity contribution in [3.63, 3.8) is 0 Å². The van der Waals surface area contributed by atoms with Crippen molar-refractivity contribution in [3.05, 3.63) is 0 Å². The molecule has 0 aliphatic heterocycles. The van der Waals surface area contributed by atoms with Gasteiger partial charge in [-0.05, 0) is 0 Å². The Kier molecular flexibility index (Phi) is 5.53. The smallest absolute Gasteiger partial charge is 1.00 e. The molecular weight excluding hydrogens is 355 g/mol. The molecule has 0 saturated carbocycles. The van der Waals surface area contributed by atoms with E-state index in [2.05, 4.69) is 0 Å². The molecule has 0 bridgehead atoms. The summed E-state index contributed by atoms with van der Waals surface area (Å²) in [5, 5.41) is 0. The zero-order chi connectivity index (χ0) is 6.41. The van der Waals surface area contributed by atoms with Crippen LogP contribution in [-0.2, 0) is 6.48 Å². The van der Waals surface area contributed by atoms with Crippen LogP contribution in [0.15, 0.2) is 0 Å². The van der Waals surface area contributed by atoms with Crippen LogP contribution in [0, 0.1) is 0 Å². The fourth-order valence-electron chi connectivity index (χ4n) is 0. The molecule has 51 valence electrons. The molecule has 0 nitrogen and oxygen atoms in total. The van der Waals surface area contributed by atoms with Crippen LogP contribution in [0.1, 0.15) is 0 Å². The van der Waals surface area contributed by atoms with E-state index in [1.807, 2.05) is 0 Å². The maximum Gasteiger partial charge on any atom is 1.00 e. The molecule has 0 saturated heterocycles. The summed E-state index contributed by atoms with van der Waals surface area (Å²) in [6, 6.07) is 0. The largest absolute Gasteiger partial charge is 1.00 e. The van der Waals surface area contributed by atoms with Crippen molar-refractivity contribution >= 4 is 58.1 Å². The molecule has 0 N–H and O–H groups in total. The molecule has 0 radical (unpaired) electrons. The van der Waals surface area contributed by atoms with E-state index in [9.17, 15) is 0 Å². The first kappa shape index (κ1) is 14.5. The van der Waals surface area contributed by atoms with Gasteiger partial charge in [0, 0.05) is 0 Å². The zero-order valence-corrected chi connectivity index (χ0v) is 12.9. The van der Waals surface area contributed by atoms with Crippen LogP contribution in [-0.4, -0.2) is 0 Å². The summed E-state index contributed by atoms with van der Waals surface area (Å²) >= 11 is 0. The van der Waals surface area contributed by atoms with Gasteiger partial charge in [-0.15, -0.1) is 0 Å². The third-order valence-corrected chi connectivity index (χ3v) is 0.